The molecule has 0 aliphatic rings. The first-order chi connectivity index (χ1) is 8.25. The molecule has 1 rings (SSSR count). The van der Waals surface area contributed by atoms with Crippen LogP contribution in [-0.4, -0.2) is 33.3 Å². The van der Waals surface area contributed by atoms with E-state index in [0.29, 0.717) is 6.07 Å². The first-order valence-corrected chi connectivity index (χ1v) is 4.73. The fourth-order valence-electron chi connectivity index (χ4n) is 1.34. The van der Waals surface area contributed by atoms with E-state index < -0.39 is 41.0 Å². The lowest BCUT2D eigenvalue weighted by molar-refractivity contribution is -0.132. The summed E-state index contributed by atoms with van der Waals surface area (Å²) in [6.07, 6.45) is -4.02. The van der Waals surface area contributed by atoms with E-state index >= 15 is 0 Å². The Morgan fingerprint density at radius 2 is 1.83 bits per heavy atom. The van der Waals surface area contributed by atoms with Crippen LogP contribution in [0.5, 0.6) is 0 Å². The molecule has 2 unspecified atom stereocenters. The second-order valence-electron chi connectivity index (χ2n) is 3.56. The Bertz CT molecular complexity index is 505. The Balaban J connectivity index is 3.28. The van der Waals surface area contributed by atoms with Crippen LogP contribution in [0.15, 0.2) is 12.1 Å². The third kappa shape index (κ3) is 2.55. The number of nitrogens with two attached hydrogens (primary N) is 2. The minimum atomic E-state index is -2.05. The topological polar surface area (TPSA) is 147 Å². The molecule has 7 nitrogen and oxygen atoms in total. The minimum absolute atomic E-state index is 0.343. The Labute approximate surface area is 100 Å². The fraction of sp³-hybridized carbons (Fsp3) is 0.200. The first kappa shape index (κ1) is 13.9. The van der Waals surface area contributed by atoms with Crippen molar-refractivity contribution in [1.29, 1.82) is 0 Å². The molecule has 0 aliphatic carbocycles. The molecule has 7 N–H and O–H groups in total. The predicted octanol–water partition coefficient (Wildman–Crippen LogP) is -1.01. The van der Waals surface area contributed by atoms with Gasteiger partial charge in [-0.1, -0.05) is 0 Å². The highest BCUT2D eigenvalue weighted by atomic mass is 19.1. The summed E-state index contributed by atoms with van der Waals surface area (Å²) in [6.45, 7) is 0. The van der Waals surface area contributed by atoms with E-state index in [1.54, 1.807) is 0 Å². The summed E-state index contributed by atoms with van der Waals surface area (Å²) in [6, 6.07) is 1.42. The summed E-state index contributed by atoms with van der Waals surface area (Å²) < 4.78 is 13.5. The number of primary amides is 1. The molecular formula is C10H11FN2O5. The van der Waals surface area contributed by atoms with E-state index in [0.717, 1.165) is 6.07 Å². The van der Waals surface area contributed by atoms with Crippen molar-refractivity contribution < 1.29 is 29.3 Å². The Hall–Kier alpha value is -2.19. The lowest BCUT2D eigenvalue weighted by Crippen LogP contribution is -2.34. The van der Waals surface area contributed by atoms with E-state index in [-0.39, 0.29) is 5.69 Å². The number of carboxylic acids is 1. The quantitative estimate of drug-likeness (QED) is 0.437. The summed E-state index contributed by atoms with van der Waals surface area (Å²) in [5, 5.41) is 27.5. The molecule has 2 atom stereocenters. The minimum Gasteiger partial charge on any atom is -0.478 e. The number of aliphatic hydroxyl groups is 2. The molecule has 0 aliphatic heterocycles. The van der Waals surface area contributed by atoms with Crippen molar-refractivity contribution in [3.63, 3.8) is 0 Å². The van der Waals surface area contributed by atoms with Gasteiger partial charge in [0.1, 0.15) is 11.9 Å². The molecule has 0 heterocycles. The molecule has 0 radical (unpaired) electrons. The summed E-state index contributed by atoms with van der Waals surface area (Å²) in [5.41, 5.74) is 8.63. The highest BCUT2D eigenvalue weighted by Crippen LogP contribution is 2.25. The van der Waals surface area contributed by atoms with E-state index in [2.05, 4.69) is 0 Å². The highest BCUT2D eigenvalue weighted by molar-refractivity contribution is 5.94. The number of rotatable bonds is 4. The van der Waals surface area contributed by atoms with Crippen molar-refractivity contribution in [3.8, 4) is 0 Å². The molecule has 0 aromatic heterocycles. The number of benzene rings is 1. The molecule has 98 valence electrons. The number of nitrogen functional groups attached to an aromatic ring is 1. The van der Waals surface area contributed by atoms with Crippen molar-refractivity contribution >= 4 is 17.6 Å². The number of hydrogen-bond donors (Lipinski definition) is 5. The van der Waals surface area contributed by atoms with Gasteiger partial charge in [0.05, 0.1) is 5.56 Å². The van der Waals surface area contributed by atoms with E-state index in [9.17, 15) is 24.2 Å². The van der Waals surface area contributed by atoms with Gasteiger partial charge in [-0.05, 0) is 12.1 Å². The van der Waals surface area contributed by atoms with Gasteiger partial charge in [0.2, 0.25) is 5.91 Å². The number of halogens is 1. The maximum Gasteiger partial charge on any atom is 0.337 e. The van der Waals surface area contributed by atoms with E-state index in [1.807, 2.05) is 0 Å². The zero-order chi connectivity index (χ0) is 14.0. The van der Waals surface area contributed by atoms with Crippen molar-refractivity contribution in [2.45, 2.75) is 12.2 Å². The van der Waals surface area contributed by atoms with Crippen molar-refractivity contribution in [1.82, 2.24) is 0 Å². The molecule has 0 fully saturated rings. The molecule has 1 aromatic rings. The number of hydrogen-bond acceptors (Lipinski definition) is 5. The van der Waals surface area contributed by atoms with E-state index in [1.165, 1.54) is 0 Å². The van der Waals surface area contributed by atoms with Crippen LogP contribution in [0.4, 0.5) is 10.1 Å². The Kier molecular flexibility index (Phi) is 3.84. The number of aliphatic hydroxyl groups excluding tert-OH is 2. The standard InChI is InChI=1S/C10H11FN2O5/c11-5-2-6(12)4(10(17)18)1-3(5)7(14)8(15)9(13)16/h1-2,7-8,14-15H,12H2,(H2,13,16)(H,17,18). The van der Waals surface area contributed by atoms with Gasteiger partial charge in [0.15, 0.2) is 6.10 Å². The maximum atomic E-state index is 13.5. The summed E-state index contributed by atoms with van der Waals surface area (Å²) >= 11 is 0. The zero-order valence-electron chi connectivity index (χ0n) is 9.00. The van der Waals surface area contributed by atoms with Gasteiger partial charge < -0.3 is 26.8 Å². The van der Waals surface area contributed by atoms with Gasteiger partial charge >= 0.3 is 5.97 Å². The third-order valence-electron chi connectivity index (χ3n) is 2.31. The maximum absolute atomic E-state index is 13.5. The van der Waals surface area contributed by atoms with Crippen LogP contribution >= 0.6 is 0 Å². The molecule has 1 amide bonds. The summed E-state index contributed by atoms with van der Waals surface area (Å²) in [4.78, 5) is 21.4. The van der Waals surface area contributed by atoms with Crippen LogP contribution in [0, 0.1) is 5.82 Å². The van der Waals surface area contributed by atoms with Crippen LogP contribution in [-0.2, 0) is 4.79 Å². The molecular weight excluding hydrogens is 247 g/mol. The van der Waals surface area contributed by atoms with Crippen LogP contribution in [0.2, 0.25) is 0 Å². The lowest BCUT2D eigenvalue weighted by Gasteiger charge is -2.17. The number of carboxylic acid groups (broad SMARTS) is 1. The van der Waals surface area contributed by atoms with Gasteiger partial charge in [0.25, 0.3) is 0 Å². The average molecular weight is 258 g/mol. The average Bonchev–Trinajstić information content (AvgIpc) is 2.26. The first-order valence-electron chi connectivity index (χ1n) is 4.73. The van der Waals surface area contributed by atoms with Crippen molar-refractivity contribution in [2.24, 2.45) is 5.73 Å². The number of carbonyl (C=O) groups is 2. The zero-order valence-corrected chi connectivity index (χ0v) is 9.00. The van der Waals surface area contributed by atoms with Crippen LogP contribution in [0.3, 0.4) is 0 Å². The molecule has 18 heavy (non-hydrogen) atoms. The molecule has 0 saturated heterocycles. The highest BCUT2D eigenvalue weighted by Gasteiger charge is 2.27. The number of anilines is 1. The van der Waals surface area contributed by atoms with Gasteiger partial charge in [0, 0.05) is 11.3 Å². The number of amides is 1. The van der Waals surface area contributed by atoms with Crippen LogP contribution < -0.4 is 11.5 Å². The smallest absolute Gasteiger partial charge is 0.337 e. The molecule has 0 spiro atoms. The van der Waals surface area contributed by atoms with Gasteiger partial charge in [-0.2, -0.15) is 0 Å². The van der Waals surface area contributed by atoms with Gasteiger partial charge in [-0.3, -0.25) is 4.79 Å². The third-order valence-corrected chi connectivity index (χ3v) is 2.31. The fourth-order valence-corrected chi connectivity index (χ4v) is 1.34. The lowest BCUT2D eigenvalue weighted by atomic mass is 9.99. The van der Waals surface area contributed by atoms with Gasteiger partial charge in [-0.15, -0.1) is 0 Å². The summed E-state index contributed by atoms with van der Waals surface area (Å²) in [7, 11) is 0. The Morgan fingerprint density at radius 3 is 2.28 bits per heavy atom. The molecule has 8 heteroatoms. The number of aromatic carboxylic acids is 1. The predicted molar refractivity (Wildman–Crippen MR) is 57.9 cm³/mol. The monoisotopic (exact) mass is 258 g/mol. The van der Waals surface area contributed by atoms with E-state index in [4.69, 9.17) is 16.6 Å². The Morgan fingerprint density at radius 1 is 1.28 bits per heavy atom. The second-order valence-corrected chi connectivity index (χ2v) is 3.56. The number of carbonyl (C=O) groups excluding carboxylic acids is 1. The van der Waals surface area contributed by atoms with Crippen molar-refractivity contribution in [3.05, 3.63) is 29.1 Å². The molecule has 0 saturated carbocycles. The van der Waals surface area contributed by atoms with Crippen LogP contribution in [0.1, 0.15) is 22.0 Å². The van der Waals surface area contributed by atoms with Crippen LogP contribution in [0.25, 0.3) is 0 Å². The normalized spacial score (nSPS) is 13.9. The van der Waals surface area contributed by atoms with Crippen molar-refractivity contribution in [2.75, 3.05) is 5.73 Å². The largest absolute Gasteiger partial charge is 0.478 e. The SMILES string of the molecule is NC(=O)C(O)C(O)c1cc(C(=O)O)c(N)cc1F. The summed E-state index contributed by atoms with van der Waals surface area (Å²) in [5.74, 6) is -3.75. The molecule has 0 bridgehead atoms. The molecule has 1 aromatic carbocycles. The second kappa shape index (κ2) is 4.98. The van der Waals surface area contributed by atoms with Gasteiger partial charge in [-0.25, -0.2) is 9.18 Å².